The minimum atomic E-state index is 0.00255. The lowest BCUT2D eigenvalue weighted by molar-refractivity contribution is 0.333. The quantitative estimate of drug-likeness (QED) is 0.756. The topological polar surface area (TPSA) is 21.3 Å². The van der Waals surface area contributed by atoms with Gasteiger partial charge in [-0.1, -0.05) is 52.7 Å². The van der Waals surface area contributed by atoms with Crippen molar-refractivity contribution < 1.29 is 4.74 Å². The summed E-state index contributed by atoms with van der Waals surface area (Å²) < 4.78 is 6.80. The molecule has 0 aliphatic heterocycles. The van der Waals surface area contributed by atoms with Gasteiger partial charge in [0.05, 0.1) is 12.6 Å². The van der Waals surface area contributed by atoms with E-state index in [0.29, 0.717) is 6.61 Å². The van der Waals surface area contributed by atoms with Crippen LogP contribution >= 0.6 is 27.5 Å². The molecule has 0 radical (unpaired) electrons. The molecule has 0 aromatic heterocycles. The second-order valence-electron chi connectivity index (χ2n) is 4.63. The molecule has 0 fully saturated rings. The Morgan fingerprint density at radius 2 is 1.90 bits per heavy atom. The van der Waals surface area contributed by atoms with Gasteiger partial charge in [0.15, 0.2) is 0 Å². The Morgan fingerprint density at radius 1 is 1.14 bits per heavy atom. The third kappa shape index (κ3) is 4.00. The Bertz CT molecular complexity index is 603. The average molecular weight is 369 g/mol. The summed E-state index contributed by atoms with van der Waals surface area (Å²) in [4.78, 5) is 0. The van der Waals surface area contributed by atoms with Crippen LogP contribution in [-0.2, 0) is 0 Å². The van der Waals surface area contributed by atoms with Gasteiger partial charge in [0, 0.05) is 15.1 Å². The van der Waals surface area contributed by atoms with E-state index >= 15 is 0 Å². The van der Waals surface area contributed by atoms with Crippen LogP contribution in [0, 0.1) is 0 Å². The molecule has 21 heavy (non-hydrogen) atoms. The maximum Gasteiger partial charge on any atom is 0.124 e. The molecule has 4 heteroatoms. The largest absolute Gasteiger partial charge is 0.494 e. The van der Waals surface area contributed by atoms with Crippen LogP contribution in [0.15, 0.2) is 46.9 Å². The zero-order valence-corrected chi connectivity index (χ0v) is 14.5. The monoisotopic (exact) mass is 367 g/mol. The Hall–Kier alpha value is -1.03. The molecular formula is C17H19BrClNO. The molecule has 2 nitrogen and oxygen atoms in total. The first kappa shape index (κ1) is 16.3. The van der Waals surface area contributed by atoms with Crippen LogP contribution < -0.4 is 10.1 Å². The molecule has 2 rings (SSSR count). The highest BCUT2D eigenvalue weighted by Crippen LogP contribution is 2.35. The van der Waals surface area contributed by atoms with E-state index in [-0.39, 0.29) is 6.04 Å². The van der Waals surface area contributed by atoms with Crippen molar-refractivity contribution in [3.05, 3.63) is 63.1 Å². The van der Waals surface area contributed by atoms with E-state index in [1.54, 1.807) is 0 Å². The number of nitrogens with one attached hydrogen (secondary N) is 1. The Labute approximate surface area is 139 Å². The summed E-state index contributed by atoms with van der Waals surface area (Å²) in [5, 5.41) is 4.25. The number of hydrogen-bond donors (Lipinski definition) is 1. The molecule has 0 saturated heterocycles. The van der Waals surface area contributed by atoms with Crippen LogP contribution in [-0.4, -0.2) is 13.2 Å². The maximum atomic E-state index is 6.38. The SMILES string of the molecule is CCNC(c1ccccc1Cl)c1cc(Br)ccc1OCC. The van der Waals surface area contributed by atoms with E-state index in [1.165, 1.54) is 0 Å². The zero-order chi connectivity index (χ0) is 15.2. The van der Waals surface area contributed by atoms with Crippen LogP contribution in [0.25, 0.3) is 0 Å². The number of benzene rings is 2. The molecule has 0 aliphatic rings. The summed E-state index contributed by atoms with van der Waals surface area (Å²) in [6.07, 6.45) is 0. The van der Waals surface area contributed by atoms with E-state index in [0.717, 1.165) is 32.9 Å². The van der Waals surface area contributed by atoms with Gasteiger partial charge < -0.3 is 10.1 Å². The van der Waals surface area contributed by atoms with Crippen LogP contribution in [0.4, 0.5) is 0 Å². The maximum absolute atomic E-state index is 6.38. The number of ether oxygens (including phenoxy) is 1. The third-order valence-corrected chi connectivity index (χ3v) is 4.04. The molecule has 2 aromatic rings. The van der Waals surface area contributed by atoms with E-state index in [2.05, 4.69) is 34.2 Å². The molecule has 0 bridgehead atoms. The van der Waals surface area contributed by atoms with Crippen LogP contribution in [0.1, 0.15) is 31.0 Å². The molecule has 2 aromatic carbocycles. The molecule has 1 N–H and O–H groups in total. The van der Waals surface area contributed by atoms with E-state index < -0.39 is 0 Å². The molecule has 112 valence electrons. The summed E-state index contributed by atoms with van der Waals surface area (Å²) in [6, 6.07) is 14.0. The van der Waals surface area contributed by atoms with Crippen molar-refractivity contribution in [3.8, 4) is 5.75 Å². The molecule has 1 unspecified atom stereocenters. The second kappa shape index (κ2) is 7.83. The summed E-state index contributed by atoms with van der Waals surface area (Å²) in [5.41, 5.74) is 2.14. The first-order valence-corrected chi connectivity index (χ1v) is 8.24. The van der Waals surface area contributed by atoms with Crippen molar-refractivity contribution in [3.63, 3.8) is 0 Å². The van der Waals surface area contributed by atoms with Crippen LogP contribution in [0.2, 0.25) is 5.02 Å². The lowest BCUT2D eigenvalue weighted by Crippen LogP contribution is -2.23. The van der Waals surface area contributed by atoms with Crippen molar-refractivity contribution in [1.29, 1.82) is 0 Å². The smallest absolute Gasteiger partial charge is 0.124 e. The fourth-order valence-corrected chi connectivity index (χ4v) is 2.96. The lowest BCUT2D eigenvalue weighted by atomic mass is 9.97. The molecule has 0 aliphatic carbocycles. The highest BCUT2D eigenvalue weighted by molar-refractivity contribution is 9.10. The Balaban J connectivity index is 2.52. The van der Waals surface area contributed by atoms with Gasteiger partial charge in [-0.05, 0) is 43.3 Å². The average Bonchev–Trinajstić information content (AvgIpc) is 2.48. The van der Waals surface area contributed by atoms with Crippen LogP contribution in [0.5, 0.6) is 5.75 Å². The standard InChI is InChI=1S/C17H19BrClNO/c1-3-20-17(13-7-5-6-8-15(13)19)14-11-12(18)9-10-16(14)21-4-2/h5-11,17,20H,3-4H2,1-2H3. The summed E-state index contributed by atoms with van der Waals surface area (Å²) in [7, 11) is 0. The molecule has 0 amide bonds. The molecule has 0 spiro atoms. The minimum absolute atomic E-state index is 0.00255. The van der Waals surface area contributed by atoms with Gasteiger partial charge in [-0.15, -0.1) is 0 Å². The second-order valence-corrected chi connectivity index (χ2v) is 5.95. The normalized spacial score (nSPS) is 12.2. The molecule has 1 atom stereocenters. The van der Waals surface area contributed by atoms with Gasteiger partial charge in [-0.25, -0.2) is 0 Å². The fraction of sp³-hybridized carbons (Fsp3) is 0.294. The summed E-state index contributed by atoms with van der Waals surface area (Å²) in [5.74, 6) is 0.881. The summed E-state index contributed by atoms with van der Waals surface area (Å²) in [6.45, 7) is 5.55. The Kier molecular flexibility index (Phi) is 6.09. The molecule has 0 saturated carbocycles. The number of rotatable bonds is 6. The highest BCUT2D eigenvalue weighted by Gasteiger charge is 2.20. The van der Waals surface area contributed by atoms with E-state index in [4.69, 9.17) is 16.3 Å². The van der Waals surface area contributed by atoms with Gasteiger partial charge in [-0.3, -0.25) is 0 Å². The Morgan fingerprint density at radius 3 is 2.57 bits per heavy atom. The fourth-order valence-electron chi connectivity index (χ4n) is 2.33. The highest BCUT2D eigenvalue weighted by atomic mass is 79.9. The first-order valence-electron chi connectivity index (χ1n) is 7.07. The van der Waals surface area contributed by atoms with Crippen LogP contribution in [0.3, 0.4) is 0 Å². The van der Waals surface area contributed by atoms with Gasteiger partial charge in [0.25, 0.3) is 0 Å². The van der Waals surface area contributed by atoms with Crippen molar-refractivity contribution in [2.24, 2.45) is 0 Å². The predicted octanol–water partition coefficient (Wildman–Crippen LogP) is 5.20. The van der Waals surface area contributed by atoms with Crippen molar-refractivity contribution in [1.82, 2.24) is 5.32 Å². The van der Waals surface area contributed by atoms with Gasteiger partial charge in [0.2, 0.25) is 0 Å². The van der Waals surface area contributed by atoms with Gasteiger partial charge >= 0.3 is 0 Å². The van der Waals surface area contributed by atoms with Crippen molar-refractivity contribution in [2.45, 2.75) is 19.9 Å². The third-order valence-electron chi connectivity index (χ3n) is 3.21. The minimum Gasteiger partial charge on any atom is -0.494 e. The van der Waals surface area contributed by atoms with Crippen molar-refractivity contribution in [2.75, 3.05) is 13.2 Å². The summed E-state index contributed by atoms with van der Waals surface area (Å²) >= 11 is 9.92. The van der Waals surface area contributed by atoms with Crippen molar-refractivity contribution >= 4 is 27.5 Å². The molecular weight excluding hydrogens is 350 g/mol. The van der Waals surface area contributed by atoms with Gasteiger partial charge in [-0.2, -0.15) is 0 Å². The number of hydrogen-bond acceptors (Lipinski definition) is 2. The zero-order valence-electron chi connectivity index (χ0n) is 12.2. The predicted molar refractivity (Wildman–Crippen MR) is 92.3 cm³/mol. The first-order chi connectivity index (χ1) is 10.2. The van der Waals surface area contributed by atoms with Gasteiger partial charge in [0.1, 0.15) is 5.75 Å². The number of halogens is 2. The molecule has 0 heterocycles. The van der Waals surface area contributed by atoms with E-state index in [1.807, 2.05) is 43.3 Å². The van der Waals surface area contributed by atoms with E-state index in [9.17, 15) is 0 Å². The lowest BCUT2D eigenvalue weighted by Gasteiger charge is -2.23.